The molecule has 8 heteroatoms. The van der Waals surface area contributed by atoms with Crippen LogP contribution in [0.5, 0.6) is 5.75 Å². The number of nitrogens with zero attached hydrogens (tertiary/aromatic N) is 1. The third-order valence-corrected chi connectivity index (χ3v) is 5.51. The van der Waals surface area contributed by atoms with Crippen LogP contribution in [0.3, 0.4) is 0 Å². The molecule has 2 atom stereocenters. The standard InChI is InChI=1S/C22H25FN4O3/c1-30-16-3-4-17-12(6-16)10-27(11-14(25)8-15(28)9-24)22(29)21-20(17)18-7-13(23)2-5-19(18)26-21/h2-7,14-15,26,28H,8-11,24-25H2,1H3. The van der Waals surface area contributed by atoms with Crippen LogP contribution in [-0.2, 0) is 6.54 Å². The quantitative estimate of drug-likeness (QED) is 0.494. The number of H-pyrrole nitrogens is 1. The number of methoxy groups -OCH3 is 1. The first-order valence-corrected chi connectivity index (χ1v) is 9.82. The maximum absolute atomic E-state index is 14.0. The van der Waals surface area contributed by atoms with E-state index in [4.69, 9.17) is 16.2 Å². The van der Waals surface area contributed by atoms with Gasteiger partial charge in [-0.3, -0.25) is 4.79 Å². The molecule has 1 aliphatic heterocycles. The highest BCUT2D eigenvalue weighted by molar-refractivity contribution is 6.11. The van der Waals surface area contributed by atoms with E-state index >= 15 is 0 Å². The Labute approximate surface area is 173 Å². The number of aromatic nitrogens is 1. The summed E-state index contributed by atoms with van der Waals surface area (Å²) in [6, 6.07) is 9.58. The van der Waals surface area contributed by atoms with Crippen LogP contribution in [0.25, 0.3) is 22.0 Å². The number of hydrogen-bond acceptors (Lipinski definition) is 5. The Kier molecular flexibility index (Phi) is 5.46. The summed E-state index contributed by atoms with van der Waals surface area (Å²) in [6.07, 6.45) is -0.434. The van der Waals surface area contributed by atoms with Gasteiger partial charge in [-0.1, -0.05) is 6.07 Å². The molecule has 0 bridgehead atoms. The van der Waals surface area contributed by atoms with E-state index in [1.54, 1.807) is 18.1 Å². The van der Waals surface area contributed by atoms with E-state index in [1.807, 2.05) is 18.2 Å². The number of halogens is 1. The molecule has 0 radical (unpaired) electrons. The maximum atomic E-state index is 14.0. The Balaban J connectivity index is 1.83. The number of hydrogen-bond donors (Lipinski definition) is 4. The minimum atomic E-state index is -0.721. The largest absolute Gasteiger partial charge is 0.497 e. The molecule has 30 heavy (non-hydrogen) atoms. The fourth-order valence-electron chi connectivity index (χ4n) is 4.06. The molecular weight excluding hydrogens is 387 g/mol. The molecule has 1 amide bonds. The lowest BCUT2D eigenvalue weighted by Gasteiger charge is -2.26. The van der Waals surface area contributed by atoms with Crippen molar-refractivity contribution < 1.29 is 19.0 Å². The van der Waals surface area contributed by atoms with Crippen molar-refractivity contribution in [2.75, 3.05) is 20.2 Å². The summed E-state index contributed by atoms with van der Waals surface area (Å²) in [7, 11) is 1.58. The monoisotopic (exact) mass is 412 g/mol. The SMILES string of the molecule is COc1ccc2c(c1)CN(CC(N)CC(O)CN)C(=O)c1[nH]c3ccc(F)cc3c1-2. The molecule has 158 valence electrons. The Hall–Kier alpha value is -2.94. The number of ether oxygens (including phenoxy) is 1. The zero-order chi connectivity index (χ0) is 21.4. The van der Waals surface area contributed by atoms with Crippen molar-refractivity contribution in [2.45, 2.75) is 25.1 Å². The highest BCUT2D eigenvalue weighted by Gasteiger charge is 2.31. The summed E-state index contributed by atoms with van der Waals surface area (Å²) in [5, 5.41) is 10.5. The molecule has 0 saturated heterocycles. The molecule has 0 fully saturated rings. The van der Waals surface area contributed by atoms with Crippen molar-refractivity contribution in [1.82, 2.24) is 9.88 Å². The zero-order valence-corrected chi connectivity index (χ0v) is 16.7. The Morgan fingerprint density at radius 1 is 1.30 bits per heavy atom. The van der Waals surface area contributed by atoms with E-state index in [1.165, 1.54) is 12.1 Å². The van der Waals surface area contributed by atoms with Crippen LogP contribution in [0.1, 0.15) is 22.5 Å². The molecule has 0 aliphatic carbocycles. The average molecular weight is 412 g/mol. The molecule has 2 heterocycles. The molecule has 6 N–H and O–H groups in total. The van der Waals surface area contributed by atoms with Crippen molar-refractivity contribution in [3.63, 3.8) is 0 Å². The predicted octanol–water partition coefficient (Wildman–Crippen LogP) is 1.98. The van der Waals surface area contributed by atoms with Gasteiger partial charge in [-0.2, -0.15) is 0 Å². The Bertz CT molecular complexity index is 1100. The summed E-state index contributed by atoms with van der Waals surface area (Å²) in [6.45, 7) is 0.673. The van der Waals surface area contributed by atoms with E-state index in [2.05, 4.69) is 4.98 Å². The van der Waals surface area contributed by atoms with Crippen molar-refractivity contribution >= 4 is 16.8 Å². The van der Waals surface area contributed by atoms with Gasteiger partial charge < -0.3 is 31.2 Å². The Morgan fingerprint density at radius 2 is 2.10 bits per heavy atom. The third kappa shape index (κ3) is 3.65. The molecule has 2 unspecified atom stereocenters. The number of benzene rings is 2. The lowest BCUT2D eigenvalue weighted by molar-refractivity contribution is 0.0713. The lowest BCUT2D eigenvalue weighted by atomic mass is 9.97. The predicted molar refractivity (Wildman–Crippen MR) is 113 cm³/mol. The first-order chi connectivity index (χ1) is 14.4. The van der Waals surface area contributed by atoms with Crippen molar-refractivity contribution in [3.05, 3.63) is 53.5 Å². The first kappa shape index (κ1) is 20.3. The smallest absolute Gasteiger partial charge is 0.271 e. The highest BCUT2D eigenvalue weighted by atomic mass is 19.1. The third-order valence-electron chi connectivity index (χ3n) is 5.51. The number of fused-ring (bicyclic) bond motifs is 5. The minimum Gasteiger partial charge on any atom is -0.497 e. The van der Waals surface area contributed by atoms with E-state index in [9.17, 15) is 14.3 Å². The summed E-state index contributed by atoms with van der Waals surface area (Å²) < 4.78 is 19.4. The van der Waals surface area contributed by atoms with Crippen LogP contribution in [0, 0.1) is 5.82 Å². The van der Waals surface area contributed by atoms with E-state index in [-0.39, 0.29) is 31.2 Å². The van der Waals surface area contributed by atoms with E-state index in [0.717, 1.165) is 11.1 Å². The second kappa shape index (κ2) is 8.06. The second-order valence-electron chi connectivity index (χ2n) is 7.66. The molecule has 1 aliphatic rings. The number of aromatic amines is 1. The number of aliphatic hydroxyl groups excluding tert-OH is 1. The minimum absolute atomic E-state index is 0.111. The first-order valence-electron chi connectivity index (χ1n) is 9.82. The maximum Gasteiger partial charge on any atom is 0.271 e. The van der Waals surface area contributed by atoms with Crippen LogP contribution in [0.2, 0.25) is 0 Å². The van der Waals surface area contributed by atoms with E-state index < -0.39 is 12.1 Å². The fraction of sp³-hybridized carbons (Fsp3) is 0.318. The van der Waals surface area contributed by atoms with Gasteiger partial charge in [0.2, 0.25) is 0 Å². The number of rotatable bonds is 6. The second-order valence-corrected chi connectivity index (χ2v) is 7.66. The van der Waals surface area contributed by atoms with Crippen LogP contribution in [0.15, 0.2) is 36.4 Å². The molecule has 1 aromatic heterocycles. The van der Waals surface area contributed by atoms with Gasteiger partial charge in [0.15, 0.2) is 0 Å². The fourth-order valence-corrected chi connectivity index (χ4v) is 4.06. The number of carbonyl (C=O) groups excluding carboxylic acids is 1. The topological polar surface area (TPSA) is 118 Å². The zero-order valence-electron chi connectivity index (χ0n) is 16.7. The molecule has 2 aromatic carbocycles. The average Bonchev–Trinajstić information content (AvgIpc) is 3.05. The summed E-state index contributed by atoms with van der Waals surface area (Å²) >= 11 is 0. The van der Waals surface area contributed by atoms with Gasteiger partial charge in [0.05, 0.1) is 13.2 Å². The van der Waals surface area contributed by atoms with Gasteiger partial charge in [0, 0.05) is 42.1 Å². The molecule has 0 saturated carbocycles. The van der Waals surface area contributed by atoms with Crippen LogP contribution >= 0.6 is 0 Å². The molecule has 3 aromatic rings. The molecular formula is C22H25FN4O3. The van der Waals surface area contributed by atoms with Crippen LogP contribution in [-0.4, -0.2) is 53.2 Å². The summed E-state index contributed by atoms with van der Waals surface area (Å²) in [5.41, 5.74) is 15.1. The summed E-state index contributed by atoms with van der Waals surface area (Å²) in [4.78, 5) is 18.2. The van der Waals surface area contributed by atoms with Gasteiger partial charge in [0.25, 0.3) is 5.91 Å². The normalized spacial score (nSPS) is 15.5. The van der Waals surface area contributed by atoms with Gasteiger partial charge >= 0.3 is 0 Å². The van der Waals surface area contributed by atoms with Gasteiger partial charge in [-0.25, -0.2) is 4.39 Å². The van der Waals surface area contributed by atoms with Crippen molar-refractivity contribution in [1.29, 1.82) is 0 Å². The van der Waals surface area contributed by atoms with Gasteiger partial charge in [-0.05, 0) is 47.9 Å². The van der Waals surface area contributed by atoms with Gasteiger partial charge in [0.1, 0.15) is 17.3 Å². The number of nitrogens with two attached hydrogens (primary N) is 2. The van der Waals surface area contributed by atoms with Crippen LogP contribution < -0.4 is 16.2 Å². The van der Waals surface area contributed by atoms with Crippen LogP contribution in [0.4, 0.5) is 4.39 Å². The number of amides is 1. The number of nitrogens with one attached hydrogen (secondary N) is 1. The van der Waals surface area contributed by atoms with Crippen molar-refractivity contribution in [2.24, 2.45) is 11.5 Å². The lowest BCUT2D eigenvalue weighted by Crippen LogP contribution is -2.43. The molecule has 7 nitrogen and oxygen atoms in total. The summed E-state index contributed by atoms with van der Waals surface area (Å²) in [5.74, 6) is 0.0682. The number of aliphatic hydroxyl groups is 1. The Morgan fingerprint density at radius 3 is 2.83 bits per heavy atom. The number of carbonyl (C=O) groups is 1. The molecule has 0 spiro atoms. The highest BCUT2D eigenvalue weighted by Crippen LogP contribution is 2.39. The van der Waals surface area contributed by atoms with E-state index in [0.29, 0.717) is 34.5 Å². The van der Waals surface area contributed by atoms with Crippen molar-refractivity contribution in [3.8, 4) is 16.9 Å². The van der Waals surface area contributed by atoms with Gasteiger partial charge in [-0.15, -0.1) is 0 Å². The molecule has 4 rings (SSSR count).